The first kappa shape index (κ1) is 47.2. The molecule has 2 amide bonds. The molecule has 7 rings (SSSR count). The molecule has 0 bridgehead atoms. The highest BCUT2D eigenvalue weighted by Gasteiger charge is 2.64. The molecule has 1 aromatic heterocycles. The molecule has 0 spiro atoms. The van der Waals surface area contributed by atoms with Crippen molar-refractivity contribution in [1.82, 2.24) is 14.7 Å². The van der Waals surface area contributed by atoms with Gasteiger partial charge in [-0.25, -0.2) is 0 Å². The average molecular weight is 906 g/mol. The Morgan fingerprint density at radius 3 is 2.00 bits per heavy atom. The number of aromatic hydroxyl groups is 1. The number of Topliss-reactive ketones (excluding diaryl/α,β-unsaturated/α-hetero) is 2. The number of carbonyl (C=O) groups is 4. The third kappa shape index (κ3) is 8.71. The number of aliphatic hydroxyl groups excluding tert-OH is 2. The number of aromatic nitrogens is 2. The van der Waals surface area contributed by atoms with Crippen molar-refractivity contribution < 1.29 is 39.6 Å². The van der Waals surface area contributed by atoms with Crippen LogP contribution < -0.4 is 31.9 Å². The molecule has 4 aromatic rings. The third-order valence-corrected chi connectivity index (χ3v) is 18.1. The first-order valence-electron chi connectivity index (χ1n) is 22.5. The summed E-state index contributed by atoms with van der Waals surface area (Å²) in [7, 11) is 6.76. The number of hydrogen-bond donors (Lipinski definition) is 6. The molecule has 344 valence electrons. The van der Waals surface area contributed by atoms with E-state index in [2.05, 4.69) is 77.3 Å². The van der Waals surface area contributed by atoms with Crippen LogP contribution in [0, 0.1) is 11.8 Å². The van der Waals surface area contributed by atoms with E-state index in [4.69, 9.17) is 5.73 Å². The molecule has 3 aliphatic rings. The number of unbranched alkanes of at least 4 members (excludes halogenated alkanes) is 7. The fourth-order valence-electron chi connectivity index (χ4n) is 10.5. The molecule has 0 unspecified atom stereocenters. The van der Waals surface area contributed by atoms with Crippen molar-refractivity contribution in [2.75, 3.05) is 44.6 Å². The van der Waals surface area contributed by atoms with Crippen molar-refractivity contribution in [2.24, 2.45) is 24.6 Å². The topological polar surface area (TPSA) is 212 Å². The molecule has 7 N–H and O–H groups in total. The molecule has 1 saturated carbocycles. The molecule has 0 aliphatic heterocycles. The highest BCUT2D eigenvalue weighted by atomic mass is 31.2. The Balaban J connectivity index is 0.961. The number of hydrogen-bond acceptors (Lipinski definition) is 11. The minimum absolute atomic E-state index is 0.0179. The number of anilines is 2. The summed E-state index contributed by atoms with van der Waals surface area (Å²) in [6.07, 6.45) is 13.7. The van der Waals surface area contributed by atoms with Crippen LogP contribution in [0.3, 0.4) is 0 Å². The van der Waals surface area contributed by atoms with Gasteiger partial charge in [0.15, 0.2) is 11.4 Å². The van der Waals surface area contributed by atoms with E-state index in [0.717, 1.165) is 51.1 Å². The number of benzene rings is 3. The Morgan fingerprint density at radius 1 is 0.877 bits per heavy atom. The molecule has 3 aromatic carbocycles. The van der Waals surface area contributed by atoms with Gasteiger partial charge in [0.1, 0.15) is 46.0 Å². The SMILES string of the molecule is CN(C)c1cc(NC(=O)CCCCCCCCCC[P+](c2ccccc2)(c2ccccc2)c2cnn(C)c2)c(O)c2c1C[C@H]1C[C@H]3[C@H](N(C)C)C(=O)C(C(N)=O)=C(O)[C@@]3(O)C(=O)C1=C2O. The predicted molar refractivity (Wildman–Crippen MR) is 256 cm³/mol. The molecule has 14 nitrogen and oxygen atoms in total. The van der Waals surface area contributed by atoms with Crippen LogP contribution in [0.4, 0.5) is 11.4 Å². The van der Waals surface area contributed by atoms with Gasteiger partial charge in [-0.05, 0) is 88.0 Å². The zero-order chi connectivity index (χ0) is 46.8. The summed E-state index contributed by atoms with van der Waals surface area (Å²) in [5, 5.41) is 58.0. The molecule has 4 atom stereocenters. The molecule has 65 heavy (non-hydrogen) atoms. The Kier molecular flexibility index (Phi) is 14.0. The number of phenols is 1. The fraction of sp³-hybridized carbons (Fsp3) is 0.420. The lowest BCUT2D eigenvalue weighted by Gasteiger charge is -2.50. The van der Waals surface area contributed by atoms with Crippen LogP contribution in [0.25, 0.3) is 5.76 Å². The Bertz CT molecular complexity index is 2480. The number of nitrogens with one attached hydrogen (secondary N) is 1. The van der Waals surface area contributed by atoms with Crippen LogP contribution >= 0.6 is 7.26 Å². The van der Waals surface area contributed by atoms with Gasteiger partial charge in [0.25, 0.3) is 5.91 Å². The number of primary amides is 1. The van der Waals surface area contributed by atoms with Gasteiger partial charge in [0.2, 0.25) is 11.7 Å². The van der Waals surface area contributed by atoms with Crippen LogP contribution in [-0.2, 0) is 32.6 Å². The van der Waals surface area contributed by atoms with E-state index in [1.54, 1.807) is 39.2 Å². The quantitative estimate of drug-likeness (QED) is 0.0331. The average Bonchev–Trinajstić information content (AvgIpc) is 3.71. The third-order valence-electron chi connectivity index (χ3n) is 13.6. The number of phenolic OH excluding ortho intramolecular Hbond substituents is 1. The number of nitrogens with two attached hydrogens (primary N) is 1. The predicted octanol–water partition coefficient (Wildman–Crippen LogP) is 5.21. The number of rotatable bonds is 18. The number of aliphatic hydroxyl groups is 3. The van der Waals surface area contributed by atoms with Gasteiger partial charge in [0, 0.05) is 44.7 Å². The first-order valence-corrected chi connectivity index (χ1v) is 24.5. The first-order chi connectivity index (χ1) is 31.0. The molecule has 0 radical (unpaired) electrons. The van der Waals surface area contributed by atoms with E-state index < -0.39 is 71.1 Å². The summed E-state index contributed by atoms with van der Waals surface area (Å²) >= 11 is 0. The lowest BCUT2D eigenvalue weighted by atomic mass is 9.57. The standard InChI is InChI=1S/C50H61N6O8P/c1-54(2)38-28-37(44(58)41-35(38)26-31-27-36-43(55(3)4)46(60)42(49(51)63)48(62)50(36,64)47(61)40(31)45(41)59)53-39(57)24-18-10-8-6-7-9-11-19-25-65(32-20-14-12-15-21-32,33-22-16-13-17-23-33)34-29-52-56(5)30-34/h12-17,20-23,28-31,36,43,64H,6-11,18-19,24-27H2,1-5H3,(H5-,51,53,57,58,59,60,61,62,63)/p+1/t31-,36-,43-,50-/m0/s1. The largest absolute Gasteiger partial charge is 0.508 e. The molecule has 3 aliphatic carbocycles. The number of aryl methyl sites for hydroxylation is 1. The molecular weight excluding hydrogens is 844 g/mol. The second-order valence-electron chi connectivity index (χ2n) is 18.2. The van der Waals surface area contributed by atoms with E-state index in [0.29, 0.717) is 17.7 Å². The fourth-order valence-corrected chi connectivity index (χ4v) is 14.8. The summed E-state index contributed by atoms with van der Waals surface area (Å²) in [5.74, 6) is -7.59. The summed E-state index contributed by atoms with van der Waals surface area (Å²) < 4.78 is 1.90. The van der Waals surface area contributed by atoms with Crippen molar-refractivity contribution in [3.05, 3.63) is 107 Å². The van der Waals surface area contributed by atoms with Crippen molar-refractivity contribution in [3.63, 3.8) is 0 Å². The maximum absolute atomic E-state index is 14.3. The maximum atomic E-state index is 14.3. The molecule has 0 saturated heterocycles. The van der Waals surface area contributed by atoms with Crippen molar-refractivity contribution in [3.8, 4) is 5.75 Å². The van der Waals surface area contributed by atoms with Crippen LogP contribution in [0.15, 0.2) is 96.0 Å². The molecule has 15 heteroatoms. The van der Waals surface area contributed by atoms with Gasteiger partial charge in [-0.3, -0.25) is 28.8 Å². The van der Waals surface area contributed by atoms with E-state index in [1.165, 1.54) is 20.8 Å². The minimum Gasteiger partial charge on any atom is -0.508 e. The van der Waals surface area contributed by atoms with E-state index in [9.17, 15) is 39.6 Å². The number of ketones is 2. The summed E-state index contributed by atoms with van der Waals surface area (Å²) in [5.41, 5.74) is 2.66. The van der Waals surface area contributed by atoms with E-state index in [-0.39, 0.29) is 42.0 Å². The number of carbonyl (C=O) groups excluding carboxylic acids is 4. The summed E-state index contributed by atoms with van der Waals surface area (Å²) in [4.78, 5) is 56.6. The lowest BCUT2D eigenvalue weighted by molar-refractivity contribution is -0.153. The summed E-state index contributed by atoms with van der Waals surface area (Å²) in [6.45, 7) is 0. The number of amides is 2. The Morgan fingerprint density at radius 2 is 1.46 bits per heavy atom. The second kappa shape index (κ2) is 19.3. The van der Waals surface area contributed by atoms with Crippen LogP contribution in [0.5, 0.6) is 5.75 Å². The van der Waals surface area contributed by atoms with Gasteiger partial charge in [-0.2, -0.15) is 5.10 Å². The van der Waals surface area contributed by atoms with Crippen LogP contribution in [-0.4, -0.2) is 104 Å². The molecule has 1 fully saturated rings. The summed E-state index contributed by atoms with van der Waals surface area (Å²) in [6, 6.07) is 22.2. The zero-order valence-corrected chi connectivity index (χ0v) is 38.9. The number of likely N-dealkylation sites (N-methyl/N-ethyl adjacent to an activating group) is 1. The van der Waals surface area contributed by atoms with Gasteiger partial charge in [0.05, 0.1) is 35.8 Å². The lowest BCUT2D eigenvalue weighted by Crippen LogP contribution is -2.65. The van der Waals surface area contributed by atoms with Crippen molar-refractivity contribution >= 4 is 63.7 Å². The minimum atomic E-state index is -2.74. The number of fused-ring (bicyclic) bond motifs is 3. The van der Waals surface area contributed by atoms with Gasteiger partial charge < -0.3 is 36.4 Å². The second-order valence-corrected chi connectivity index (χ2v) is 21.8. The molecular formula is C50H62N6O8P+. The maximum Gasteiger partial charge on any atom is 0.255 e. The van der Waals surface area contributed by atoms with Gasteiger partial charge in [-0.15, -0.1) is 0 Å². The number of nitrogens with zero attached hydrogens (tertiary/aromatic N) is 4. The highest BCUT2D eigenvalue weighted by Crippen LogP contribution is 2.57. The molecule has 1 heterocycles. The van der Waals surface area contributed by atoms with Crippen molar-refractivity contribution in [1.29, 1.82) is 0 Å². The van der Waals surface area contributed by atoms with E-state index in [1.807, 2.05) is 17.9 Å². The normalized spacial score (nSPS) is 20.7. The monoisotopic (exact) mass is 905 g/mol. The Hall–Kier alpha value is -5.82. The highest BCUT2D eigenvalue weighted by molar-refractivity contribution is 7.95. The smallest absolute Gasteiger partial charge is 0.255 e. The van der Waals surface area contributed by atoms with E-state index >= 15 is 0 Å². The van der Waals surface area contributed by atoms with Crippen molar-refractivity contribution in [2.45, 2.75) is 82.3 Å². The van der Waals surface area contributed by atoms with Gasteiger partial charge >= 0.3 is 0 Å². The van der Waals surface area contributed by atoms with Crippen LogP contribution in [0.2, 0.25) is 0 Å². The zero-order valence-electron chi connectivity index (χ0n) is 38.0. The van der Waals surface area contributed by atoms with Gasteiger partial charge in [-0.1, -0.05) is 68.5 Å². The van der Waals surface area contributed by atoms with Crippen LogP contribution in [0.1, 0.15) is 75.3 Å². The Labute approximate surface area is 381 Å².